The summed E-state index contributed by atoms with van der Waals surface area (Å²) < 4.78 is 5.71. The van der Waals surface area contributed by atoms with Gasteiger partial charge in [0.2, 0.25) is 0 Å². The van der Waals surface area contributed by atoms with Crippen molar-refractivity contribution in [2.24, 2.45) is 0 Å². The standard InChI is InChI=1S/C12H17NO2/c1-9-5-6-10-11(13-14-2)4-3-7-15-12(10)8-9/h5-6,8,11,13H,3-4,7H2,1-2H3/t11-/m0/s1. The maximum absolute atomic E-state index is 5.71. The molecule has 3 nitrogen and oxygen atoms in total. The summed E-state index contributed by atoms with van der Waals surface area (Å²) >= 11 is 0. The fraction of sp³-hybridized carbons (Fsp3) is 0.500. The first-order valence-corrected chi connectivity index (χ1v) is 5.33. The molecule has 1 aliphatic rings. The molecule has 0 bridgehead atoms. The van der Waals surface area contributed by atoms with Gasteiger partial charge in [0.25, 0.3) is 0 Å². The number of benzene rings is 1. The molecule has 15 heavy (non-hydrogen) atoms. The van der Waals surface area contributed by atoms with Gasteiger partial charge in [-0.1, -0.05) is 12.1 Å². The average molecular weight is 207 g/mol. The number of hydrogen-bond acceptors (Lipinski definition) is 3. The van der Waals surface area contributed by atoms with E-state index in [0.29, 0.717) is 0 Å². The summed E-state index contributed by atoms with van der Waals surface area (Å²) in [5, 5.41) is 0. The number of hydrogen-bond donors (Lipinski definition) is 1. The minimum Gasteiger partial charge on any atom is -0.493 e. The predicted octanol–water partition coefficient (Wildman–Crippen LogP) is 2.36. The first kappa shape index (κ1) is 10.5. The maximum Gasteiger partial charge on any atom is 0.124 e. The summed E-state index contributed by atoms with van der Waals surface area (Å²) in [6.45, 7) is 2.87. The number of nitrogens with one attached hydrogen (secondary N) is 1. The monoisotopic (exact) mass is 207 g/mol. The first-order valence-electron chi connectivity index (χ1n) is 5.33. The van der Waals surface area contributed by atoms with Gasteiger partial charge in [0.05, 0.1) is 19.8 Å². The average Bonchev–Trinajstić information content (AvgIpc) is 2.41. The van der Waals surface area contributed by atoms with E-state index in [-0.39, 0.29) is 6.04 Å². The zero-order valence-electron chi connectivity index (χ0n) is 9.25. The lowest BCUT2D eigenvalue weighted by atomic mass is 10.0. The molecule has 3 heteroatoms. The van der Waals surface area contributed by atoms with Crippen LogP contribution in [-0.2, 0) is 4.84 Å². The molecule has 0 saturated heterocycles. The summed E-state index contributed by atoms with van der Waals surface area (Å²) in [4.78, 5) is 5.02. The van der Waals surface area contributed by atoms with E-state index in [9.17, 15) is 0 Å². The molecule has 1 atom stereocenters. The van der Waals surface area contributed by atoms with Gasteiger partial charge in [-0.05, 0) is 31.4 Å². The molecule has 0 aromatic heterocycles. The van der Waals surface area contributed by atoms with Gasteiger partial charge in [0.1, 0.15) is 5.75 Å². The van der Waals surface area contributed by atoms with E-state index in [1.54, 1.807) is 7.11 Å². The van der Waals surface area contributed by atoms with Crippen molar-refractivity contribution in [3.05, 3.63) is 29.3 Å². The van der Waals surface area contributed by atoms with E-state index < -0.39 is 0 Å². The van der Waals surface area contributed by atoms with Gasteiger partial charge in [-0.2, -0.15) is 5.48 Å². The molecular formula is C12H17NO2. The maximum atomic E-state index is 5.71. The summed E-state index contributed by atoms with van der Waals surface area (Å²) in [6, 6.07) is 6.56. The van der Waals surface area contributed by atoms with Crippen LogP contribution in [0, 0.1) is 6.92 Å². The third-order valence-electron chi connectivity index (χ3n) is 2.70. The molecule has 1 aromatic carbocycles. The Kier molecular flexibility index (Phi) is 3.23. The molecule has 0 amide bonds. The van der Waals surface area contributed by atoms with Gasteiger partial charge in [-0.15, -0.1) is 0 Å². The van der Waals surface area contributed by atoms with Crippen LogP contribution in [-0.4, -0.2) is 13.7 Å². The van der Waals surface area contributed by atoms with Gasteiger partial charge in [0.15, 0.2) is 0 Å². The van der Waals surface area contributed by atoms with Crippen molar-refractivity contribution in [2.75, 3.05) is 13.7 Å². The van der Waals surface area contributed by atoms with Gasteiger partial charge in [-0.25, -0.2) is 0 Å². The fourth-order valence-electron chi connectivity index (χ4n) is 1.94. The molecule has 0 saturated carbocycles. The van der Waals surface area contributed by atoms with Crippen molar-refractivity contribution >= 4 is 0 Å². The Morgan fingerprint density at radius 1 is 1.47 bits per heavy atom. The van der Waals surface area contributed by atoms with Gasteiger partial charge < -0.3 is 9.57 Å². The summed E-state index contributed by atoms with van der Waals surface area (Å²) in [6.07, 6.45) is 2.10. The van der Waals surface area contributed by atoms with Crippen molar-refractivity contribution in [3.8, 4) is 5.75 Å². The van der Waals surface area contributed by atoms with Crippen LogP contribution in [0.2, 0.25) is 0 Å². The lowest BCUT2D eigenvalue weighted by Crippen LogP contribution is -2.19. The molecular weight excluding hydrogens is 190 g/mol. The number of fused-ring (bicyclic) bond motifs is 1. The summed E-state index contributed by atoms with van der Waals surface area (Å²) in [5.74, 6) is 0.988. The van der Waals surface area contributed by atoms with Crippen LogP contribution < -0.4 is 10.2 Å². The largest absolute Gasteiger partial charge is 0.493 e. The highest BCUT2D eigenvalue weighted by atomic mass is 16.6. The molecule has 0 unspecified atom stereocenters. The van der Waals surface area contributed by atoms with Crippen molar-refractivity contribution < 1.29 is 9.57 Å². The fourth-order valence-corrected chi connectivity index (χ4v) is 1.94. The molecule has 1 aromatic rings. The Balaban J connectivity index is 2.32. The molecule has 0 fully saturated rings. The summed E-state index contributed by atoms with van der Waals surface area (Å²) in [7, 11) is 1.65. The second kappa shape index (κ2) is 4.64. The van der Waals surface area contributed by atoms with E-state index >= 15 is 0 Å². The van der Waals surface area contributed by atoms with Crippen LogP contribution in [0.4, 0.5) is 0 Å². The number of aryl methyl sites for hydroxylation is 1. The smallest absolute Gasteiger partial charge is 0.124 e. The lowest BCUT2D eigenvalue weighted by molar-refractivity contribution is 0.0579. The van der Waals surface area contributed by atoms with Crippen molar-refractivity contribution in [2.45, 2.75) is 25.8 Å². The van der Waals surface area contributed by atoms with Crippen LogP contribution >= 0.6 is 0 Å². The van der Waals surface area contributed by atoms with Crippen LogP contribution in [0.1, 0.15) is 30.0 Å². The van der Waals surface area contributed by atoms with Crippen molar-refractivity contribution in [1.29, 1.82) is 0 Å². The minimum atomic E-state index is 0.244. The van der Waals surface area contributed by atoms with Gasteiger partial charge in [-0.3, -0.25) is 0 Å². The van der Waals surface area contributed by atoms with E-state index in [1.165, 1.54) is 11.1 Å². The van der Waals surface area contributed by atoms with Crippen LogP contribution in [0.25, 0.3) is 0 Å². The normalized spacial score (nSPS) is 20.3. The quantitative estimate of drug-likeness (QED) is 0.755. The highest BCUT2D eigenvalue weighted by Crippen LogP contribution is 2.31. The first-order chi connectivity index (χ1) is 7.31. The van der Waals surface area contributed by atoms with E-state index in [4.69, 9.17) is 9.57 Å². The lowest BCUT2D eigenvalue weighted by Gasteiger charge is -2.16. The minimum absolute atomic E-state index is 0.244. The number of hydroxylamine groups is 1. The molecule has 82 valence electrons. The zero-order valence-corrected chi connectivity index (χ0v) is 9.25. The third kappa shape index (κ3) is 2.30. The third-order valence-corrected chi connectivity index (χ3v) is 2.70. The molecule has 0 spiro atoms. The van der Waals surface area contributed by atoms with Crippen molar-refractivity contribution in [1.82, 2.24) is 5.48 Å². The summed E-state index contributed by atoms with van der Waals surface area (Å²) in [5.41, 5.74) is 5.44. The molecule has 2 rings (SSSR count). The second-order valence-corrected chi connectivity index (χ2v) is 3.91. The predicted molar refractivity (Wildman–Crippen MR) is 58.8 cm³/mol. The zero-order chi connectivity index (χ0) is 10.7. The van der Waals surface area contributed by atoms with Gasteiger partial charge in [0, 0.05) is 5.56 Å². The Morgan fingerprint density at radius 2 is 2.33 bits per heavy atom. The second-order valence-electron chi connectivity index (χ2n) is 3.91. The molecule has 0 aliphatic carbocycles. The Morgan fingerprint density at radius 3 is 3.13 bits per heavy atom. The SMILES string of the molecule is CON[C@H]1CCCOc2cc(C)ccc21. The Bertz CT molecular complexity index is 338. The molecule has 1 heterocycles. The van der Waals surface area contributed by atoms with E-state index in [1.807, 2.05) is 0 Å². The van der Waals surface area contributed by atoms with Gasteiger partial charge >= 0.3 is 0 Å². The van der Waals surface area contributed by atoms with Crippen LogP contribution in [0.5, 0.6) is 5.75 Å². The molecule has 1 N–H and O–H groups in total. The van der Waals surface area contributed by atoms with Crippen LogP contribution in [0.15, 0.2) is 18.2 Å². The number of rotatable bonds is 2. The van der Waals surface area contributed by atoms with E-state index in [2.05, 4.69) is 30.6 Å². The van der Waals surface area contributed by atoms with Crippen LogP contribution in [0.3, 0.4) is 0 Å². The molecule has 1 aliphatic heterocycles. The topological polar surface area (TPSA) is 30.5 Å². The highest BCUT2D eigenvalue weighted by Gasteiger charge is 2.19. The highest BCUT2D eigenvalue weighted by molar-refractivity contribution is 5.39. The number of ether oxygens (including phenoxy) is 1. The Labute approximate surface area is 90.3 Å². The van der Waals surface area contributed by atoms with Crippen molar-refractivity contribution in [3.63, 3.8) is 0 Å². The van der Waals surface area contributed by atoms with E-state index in [0.717, 1.165) is 25.2 Å². The molecule has 0 radical (unpaired) electrons. The Hall–Kier alpha value is -1.06.